The number of guanidine groups is 1. The first kappa shape index (κ1) is 17.6. The first-order chi connectivity index (χ1) is 8.49. The van der Waals surface area contributed by atoms with Crippen molar-refractivity contribution in [1.82, 2.24) is 5.32 Å². The molecule has 0 amide bonds. The molecule has 1 rings (SSSR count). The van der Waals surface area contributed by atoms with Crippen LogP contribution in [-0.4, -0.2) is 17.4 Å². The lowest BCUT2D eigenvalue weighted by Crippen LogP contribution is -2.34. The summed E-state index contributed by atoms with van der Waals surface area (Å²) in [6.07, 6.45) is 0. The van der Waals surface area contributed by atoms with E-state index in [1.807, 2.05) is 0 Å². The number of nitrogens with two attached hydrogens (primary N) is 1. The third-order valence-electron chi connectivity index (χ3n) is 2.27. The molecule has 0 saturated heterocycles. The molecule has 7 heteroatoms. The van der Waals surface area contributed by atoms with Gasteiger partial charge in [0, 0.05) is 18.7 Å². The topological polar surface area (TPSA) is 93.5 Å². The molecule has 0 aliphatic carbocycles. The molecule has 0 radical (unpaired) electrons. The maximum absolute atomic E-state index is 10.5. The molecule has 0 heterocycles. The van der Waals surface area contributed by atoms with Gasteiger partial charge in [-0.2, -0.15) is 0 Å². The van der Waals surface area contributed by atoms with Crippen LogP contribution >= 0.6 is 24.0 Å². The van der Waals surface area contributed by atoms with Gasteiger partial charge in [-0.15, -0.1) is 24.0 Å². The first-order valence-electron chi connectivity index (χ1n) is 5.76. The van der Waals surface area contributed by atoms with E-state index in [1.165, 1.54) is 12.1 Å². The average Bonchev–Trinajstić information content (AvgIpc) is 2.34. The lowest BCUT2D eigenvalue weighted by atomic mass is 10.2. The number of benzene rings is 1. The van der Waals surface area contributed by atoms with E-state index < -0.39 is 4.92 Å². The molecular formula is C12H19IN4O2. The second-order valence-electron chi connectivity index (χ2n) is 4.40. The Kier molecular flexibility index (Phi) is 8.05. The molecule has 0 spiro atoms. The minimum atomic E-state index is -0.425. The van der Waals surface area contributed by atoms with Gasteiger partial charge >= 0.3 is 0 Å². The lowest BCUT2D eigenvalue weighted by molar-refractivity contribution is -0.384. The smallest absolute Gasteiger partial charge is 0.269 e. The van der Waals surface area contributed by atoms with Crippen LogP contribution in [0.4, 0.5) is 5.69 Å². The van der Waals surface area contributed by atoms with Gasteiger partial charge in [0.25, 0.3) is 5.69 Å². The summed E-state index contributed by atoms with van der Waals surface area (Å²) in [4.78, 5) is 14.2. The molecule has 0 bridgehead atoms. The summed E-state index contributed by atoms with van der Waals surface area (Å²) in [5.74, 6) is 0.889. The number of aliphatic imine (C=N–C) groups is 1. The zero-order valence-electron chi connectivity index (χ0n) is 11.0. The number of nitro benzene ring substituents is 1. The Morgan fingerprint density at radius 1 is 1.42 bits per heavy atom. The second kappa shape index (κ2) is 8.68. The van der Waals surface area contributed by atoms with Crippen molar-refractivity contribution in [3.05, 3.63) is 39.9 Å². The zero-order chi connectivity index (χ0) is 13.5. The van der Waals surface area contributed by atoms with Crippen LogP contribution in [0.15, 0.2) is 29.3 Å². The first-order valence-corrected chi connectivity index (χ1v) is 5.76. The standard InChI is InChI=1S/C12H18N4O2.HI/c1-9(2)7-14-12(13)15-8-10-3-5-11(6-4-10)16(17)18;/h3-6,9H,7-8H2,1-2H3,(H3,13,14,15);1H. The van der Waals surface area contributed by atoms with E-state index in [1.54, 1.807) is 12.1 Å². The summed E-state index contributed by atoms with van der Waals surface area (Å²) in [6, 6.07) is 6.28. The van der Waals surface area contributed by atoms with Gasteiger partial charge in [0.15, 0.2) is 5.96 Å². The number of halogens is 1. The fourth-order valence-electron chi connectivity index (χ4n) is 1.26. The highest BCUT2D eigenvalue weighted by molar-refractivity contribution is 14.0. The van der Waals surface area contributed by atoms with Crippen LogP contribution in [0, 0.1) is 16.0 Å². The SMILES string of the molecule is CC(C)CNC(N)=NCc1ccc([N+](=O)[O-])cc1.I. The number of hydrogen-bond donors (Lipinski definition) is 2. The Balaban J connectivity index is 0.00000324. The molecule has 19 heavy (non-hydrogen) atoms. The molecule has 3 N–H and O–H groups in total. The van der Waals surface area contributed by atoms with Crippen LogP contribution < -0.4 is 11.1 Å². The van der Waals surface area contributed by atoms with Crippen molar-refractivity contribution in [1.29, 1.82) is 0 Å². The quantitative estimate of drug-likeness (QED) is 0.270. The van der Waals surface area contributed by atoms with Crippen LogP contribution in [0.25, 0.3) is 0 Å². The van der Waals surface area contributed by atoms with Gasteiger partial charge in [-0.1, -0.05) is 26.0 Å². The van der Waals surface area contributed by atoms with Crippen LogP contribution in [0.2, 0.25) is 0 Å². The second-order valence-corrected chi connectivity index (χ2v) is 4.40. The molecule has 6 nitrogen and oxygen atoms in total. The number of hydrogen-bond acceptors (Lipinski definition) is 3. The highest BCUT2D eigenvalue weighted by atomic mass is 127. The Bertz CT molecular complexity index is 432. The van der Waals surface area contributed by atoms with Gasteiger partial charge in [-0.25, -0.2) is 4.99 Å². The minimum Gasteiger partial charge on any atom is -0.370 e. The lowest BCUT2D eigenvalue weighted by Gasteiger charge is -2.07. The molecule has 0 saturated carbocycles. The molecule has 0 aliphatic heterocycles. The monoisotopic (exact) mass is 378 g/mol. The normalized spacial score (nSPS) is 11.0. The summed E-state index contributed by atoms with van der Waals surface area (Å²) in [6.45, 7) is 5.34. The van der Waals surface area contributed by atoms with Gasteiger partial charge in [0.2, 0.25) is 0 Å². The predicted octanol–water partition coefficient (Wildman–Crippen LogP) is 2.27. The molecule has 1 aromatic carbocycles. The summed E-state index contributed by atoms with van der Waals surface area (Å²) in [5, 5.41) is 13.5. The summed E-state index contributed by atoms with van der Waals surface area (Å²) in [5.41, 5.74) is 6.64. The molecule has 0 aliphatic rings. The largest absolute Gasteiger partial charge is 0.370 e. The van der Waals surface area contributed by atoms with Gasteiger partial charge < -0.3 is 11.1 Å². The van der Waals surface area contributed by atoms with Gasteiger partial charge in [0.1, 0.15) is 0 Å². The van der Waals surface area contributed by atoms with E-state index in [0.29, 0.717) is 18.4 Å². The number of rotatable bonds is 5. The number of non-ortho nitro benzene ring substituents is 1. The van der Waals surface area contributed by atoms with E-state index in [-0.39, 0.29) is 29.7 Å². The third-order valence-corrected chi connectivity index (χ3v) is 2.27. The van der Waals surface area contributed by atoms with Gasteiger partial charge in [-0.05, 0) is 11.5 Å². The fourth-order valence-corrected chi connectivity index (χ4v) is 1.26. The van der Waals surface area contributed by atoms with E-state index in [9.17, 15) is 10.1 Å². The van der Waals surface area contributed by atoms with E-state index in [2.05, 4.69) is 24.2 Å². The predicted molar refractivity (Wildman–Crippen MR) is 86.7 cm³/mol. The molecule has 0 unspecified atom stereocenters. The average molecular weight is 378 g/mol. The van der Waals surface area contributed by atoms with Crippen molar-refractivity contribution in [2.45, 2.75) is 20.4 Å². The summed E-state index contributed by atoms with van der Waals surface area (Å²) >= 11 is 0. The molecule has 0 fully saturated rings. The fraction of sp³-hybridized carbons (Fsp3) is 0.417. The number of nitrogens with one attached hydrogen (secondary N) is 1. The van der Waals surface area contributed by atoms with Crippen molar-refractivity contribution in [2.75, 3.05) is 6.54 Å². The third kappa shape index (κ3) is 6.94. The van der Waals surface area contributed by atoms with Crippen molar-refractivity contribution < 1.29 is 4.92 Å². The Morgan fingerprint density at radius 3 is 2.47 bits per heavy atom. The van der Waals surface area contributed by atoms with Crippen LogP contribution in [-0.2, 0) is 6.54 Å². The maximum Gasteiger partial charge on any atom is 0.269 e. The number of nitro groups is 1. The number of nitrogens with zero attached hydrogens (tertiary/aromatic N) is 2. The molecule has 1 aromatic rings. The van der Waals surface area contributed by atoms with E-state index in [4.69, 9.17) is 5.73 Å². The molecule has 0 atom stereocenters. The summed E-state index contributed by atoms with van der Waals surface area (Å²) < 4.78 is 0. The van der Waals surface area contributed by atoms with E-state index in [0.717, 1.165) is 12.1 Å². The highest BCUT2D eigenvalue weighted by Gasteiger charge is 2.03. The van der Waals surface area contributed by atoms with Crippen molar-refractivity contribution in [3.8, 4) is 0 Å². The van der Waals surface area contributed by atoms with Crippen molar-refractivity contribution >= 4 is 35.6 Å². The minimum absolute atomic E-state index is 0. The zero-order valence-corrected chi connectivity index (χ0v) is 13.3. The van der Waals surface area contributed by atoms with Crippen LogP contribution in [0.3, 0.4) is 0 Å². The van der Waals surface area contributed by atoms with Gasteiger partial charge in [0.05, 0.1) is 11.5 Å². The Labute approximate surface area is 129 Å². The molecule has 0 aromatic heterocycles. The van der Waals surface area contributed by atoms with Crippen molar-refractivity contribution in [2.24, 2.45) is 16.6 Å². The highest BCUT2D eigenvalue weighted by Crippen LogP contribution is 2.12. The van der Waals surface area contributed by atoms with Gasteiger partial charge in [-0.3, -0.25) is 10.1 Å². The van der Waals surface area contributed by atoms with Crippen LogP contribution in [0.1, 0.15) is 19.4 Å². The molecule has 106 valence electrons. The van der Waals surface area contributed by atoms with Crippen molar-refractivity contribution in [3.63, 3.8) is 0 Å². The Morgan fingerprint density at radius 2 is 2.00 bits per heavy atom. The summed E-state index contributed by atoms with van der Waals surface area (Å²) in [7, 11) is 0. The van der Waals surface area contributed by atoms with E-state index >= 15 is 0 Å². The Hall–Kier alpha value is -1.38. The maximum atomic E-state index is 10.5. The molecular weight excluding hydrogens is 359 g/mol. The van der Waals surface area contributed by atoms with Crippen LogP contribution in [0.5, 0.6) is 0 Å².